The maximum atomic E-state index is 12.9. The van der Waals surface area contributed by atoms with Crippen molar-refractivity contribution in [3.8, 4) is 11.5 Å². The lowest BCUT2D eigenvalue weighted by Crippen LogP contribution is -2.41. The van der Waals surface area contributed by atoms with Crippen LogP contribution in [0.3, 0.4) is 0 Å². The zero-order valence-corrected chi connectivity index (χ0v) is 16.5. The van der Waals surface area contributed by atoms with Crippen molar-refractivity contribution in [2.24, 2.45) is 5.92 Å². The molecule has 1 saturated heterocycles. The number of amides is 2. The zero-order chi connectivity index (χ0) is 20.6. The lowest BCUT2D eigenvalue weighted by molar-refractivity contribution is -0.121. The van der Waals surface area contributed by atoms with Gasteiger partial charge in [-0.05, 0) is 43.2 Å². The number of likely N-dealkylation sites (tertiary alicyclic amines) is 1. The summed E-state index contributed by atoms with van der Waals surface area (Å²) < 4.78 is 10.9. The number of piperidine rings is 1. The molecule has 2 aromatic rings. The number of carbonyl (C=O) groups excluding carboxylic acids is 2. The summed E-state index contributed by atoms with van der Waals surface area (Å²) in [5.74, 6) is 1.34. The Morgan fingerprint density at radius 2 is 2.03 bits per heavy atom. The van der Waals surface area contributed by atoms with Crippen molar-refractivity contribution in [2.75, 3.05) is 32.1 Å². The molecule has 0 unspecified atom stereocenters. The molecule has 1 aliphatic rings. The maximum Gasteiger partial charge on any atom is 0.253 e. The van der Waals surface area contributed by atoms with Gasteiger partial charge in [0.2, 0.25) is 5.91 Å². The summed E-state index contributed by atoms with van der Waals surface area (Å²) in [5, 5.41) is 2.83. The van der Waals surface area contributed by atoms with E-state index in [1.54, 1.807) is 47.5 Å². The van der Waals surface area contributed by atoms with Crippen molar-refractivity contribution in [3.63, 3.8) is 0 Å². The van der Waals surface area contributed by atoms with Gasteiger partial charge < -0.3 is 19.7 Å². The van der Waals surface area contributed by atoms with E-state index < -0.39 is 0 Å². The predicted octanol–water partition coefficient (Wildman–Crippen LogP) is 3.15. The van der Waals surface area contributed by atoms with Gasteiger partial charge in [-0.1, -0.05) is 18.7 Å². The van der Waals surface area contributed by atoms with Crippen LogP contribution >= 0.6 is 0 Å². The number of anilines is 1. The second-order valence-electron chi connectivity index (χ2n) is 6.74. The number of rotatable bonds is 7. The van der Waals surface area contributed by atoms with Crippen LogP contribution in [-0.2, 0) is 4.79 Å². The Hall–Kier alpha value is -3.35. The first-order valence-electron chi connectivity index (χ1n) is 9.55. The normalized spacial score (nSPS) is 14.2. The van der Waals surface area contributed by atoms with Crippen LogP contribution in [0.1, 0.15) is 23.2 Å². The number of nitrogens with zero attached hydrogens (tertiary/aromatic N) is 2. The van der Waals surface area contributed by atoms with Crippen LogP contribution in [0.4, 0.5) is 5.82 Å². The quantitative estimate of drug-likeness (QED) is 0.729. The van der Waals surface area contributed by atoms with Crippen LogP contribution in [0.2, 0.25) is 0 Å². The van der Waals surface area contributed by atoms with Crippen molar-refractivity contribution >= 4 is 17.6 Å². The molecule has 0 radical (unpaired) electrons. The topological polar surface area (TPSA) is 80.8 Å². The largest absolute Gasteiger partial charge is 0.493 e. The highest BCUT2D eigenvalue weighted by Crippen LogP contribution is 2.29. The highest BCUT2D eigenvalue weighted by Gasteiger charge is 2.28. The fourth-order valence-corrected chi connectivity index (χ4v) is 3.26. The van der Waals surface area contributed by atoms with Crippen LogP contribution in [0, 0.1) is 5.92 Å². The molecule has 2 heterocycles. The third-order valence-electron chi connectivity index (χ3n) is 4.84. The first-order chi connectivity index (χ1) is 14.1. The molecule has 152 valence electrons. The highest BCUT2D eigenvalue weighted by atomic mass is 16.5. The molecular weight excluding hydrogens is 370 g/mol. The molecule has 0 aliphatic carbocycles. The van der Waals surface area contributed by atoms with Gasteiger partial charge in [0.15, 0.2) is 11.5 Å². The molecule has 0 spiro atoms. The monoisotopic (exact) mass is 395 g/mol. The van der Waals surface area contributed by atoms with E-state index in [0.717, 1.165) is 0 Å². The third kappa shape index (κ3) is 5.13. The van der Waals surface area contributed by atoms with E-state index in [0.29, 0.717) is 55.4 Å². The lowest BCUT2D eigenvalue weighted by Gasteiger charge is -2.31. The maximum absolute atomic E-state index is 12.9. The molecule has 1 fully saturated rings. The van der Waals surface area contributed by atoms with E-state index in [1.807, 2.05) is 6.07 Å². The summed E-state index contributed by atoms with van der Waals surface area (Å²) in [6.07, 6.45) is 4.51. The van der Waals surface area contributed by atoms with E-state index in [-0.39, 0.29) is 17.7 Å². The summed E-state index contributed by atoms with van der Waals surface area (Å²) in [5.41, 5.74) is 0.532. The lowest BCUT2D eigenvalue weighted by atomic mass is 9.95. The van der Waals surface area contributed by atoms with E-state index >= 15 is 0 Å². The smallest absolute Gasteiger partial charge is 0.253 e. The number of ether oxygens (including phenoxy) is 2. The molecule has 1 aromatic heterocycles. The minimum absolute atomic E-state index is 0.0545. The van der Waals surface area contributed by atoms with Crippen LogP contribution in [-0.4, -0.2) is 48.5 Å². The Kier molecular flexibility index (Phi) is 6.84. The van der Waals surface area contributed by atoms with E-state index in [9.17, 15) is 9.59 Å². The van der Waals surface area contributed by atoms with Gasteiger partial charge in [0, 0.05) is 30.8 Å². The van der Waals surface area contributed by atoms with Crippen LogP contribution in [0.5, 0.6) is 11.5 Å². The van der Waals surface area contributed by atoms with E-state index in [1.165, 1.54) is 7.11 Å². The van der Waals surface area contributed by atoms with Crippen molar-refractivity contribution in [1.82, 2.24) is 9.88 Å². The number of pyridine rings is 1. The SMILES string of the molecule is C=CCOc1ccc(C(=O)N2CCC(C(=O)Nc3ccccn3)CC2)cc1OC. The molecule has 1 aromatic carbocycles. The molecule has 0 saturated carbocycles. The number of benzene rings is 1. The van der Waals surface area contributed by atoms with Gasteiger partial charge in [0.25, 0.3) is 5.91 Å². The number of hydrogen-bond acceptors (Lipinski definition) is 5. The first kappa shape index (κ1) is 20.4. The number of methoxy groups -OCH3 is 1. The Morgan fingerprint density at radius 3 is 2.69 bits per heavy atom. The fourth-order valence-electron chi connectivity index (χ4n) is 3.26. The number of nitrogens with one attached hydrogen (secondary N) is 1. The minimum Gasteiger partial charge on any atom is -0.493 e. The number of hydrogen-bond donors (Lipinski definition) is 1. The number of carbonyl (C=O) groups is 2. The number of aromatic nitrogens is 1. The fraction of sp³-hybridized carbons (Fsp3) is 0.318. The molecule has 1 aliphatic heterocycles. The van der Waals surface area contributed by atoms with Crippen molar-refractivity contribution in [2.45, 2.75) is 12.8 Å². The summed E-state index contributed by atoms with van der Waals surface area (Å²) in [6, 6.07) is 10.5. The highest BCUT2D eigenvalue weighted by molar-refractivity contribution is 5.95. The first-order valence-corrected chi connectivity index (χ1v) is 9.55. The summed E-state index contributed by atoms with van der Waals surface area (Å²) in [7, 11) is 1.54. The average Bonchev–Trinajstić information content (AvgIpc) is 2.77. The van der Waals surface area contributed by atoms with Gasteiger partial charge in [-0.2, -0.15) is 0 Å². The standard InChI is InChI=1S/C22H25N3O4/c1-3-14-29-18-8-7-17(15-19(18)28-2)22(27)25-12-9-16(10-13-25)21(26)24-20-6-4-5-11-23-20/h3-8,11,15-16H,1,9-10,12-14H2,2H3,(H,23,24,26). The van der Waals surface area contributed by atoms with Crippen LogP contribution < -0.4 is 14.8 Å². The second kappa shape index (κ2) is 9.73. The minimum atomic E-state index is -0.134. The van der Waals surface area contributed by atoms with E-state index in [2.05, 4.69) is 16.9 Å². The summed E-state index contributed by atoms with van der Waals surface area (Å²) in [6.45, 7) is 5.03. The molecule has 3 rings (SSSR count). The zero-order valence-electron chi connectivity index (χ0n) is 16.5. The van der Waals surface area contributed by atoms with Gasteiger partial charge in [0.05, 0.1) is 7.11 Å². The van der Waals surface area contributed by atoms with Crippen molar-refractivity contribution in [1.29, 1.82) is 0 Å². The van der Waals surface area contributed by atoms with Gasteiger partial charge in [-0.3, -0.25) is 9.59 Å². The van der Waals surface area contributed by atoms with Crippen molar-refractivity contribution < 1.29 is 19.1 Å². The molecule has 29 heavy (non-hydrogen) atoms. The molecule has 7 nitrogen and oxygen atoms in total. The van der Waals surface area contributed by atoms with Gasteiger partial charge in [-0.25, -0.2) is 4.98 Å². The Balaban J connectivity index is 1.58. The third-order valence-corrected chi connectivity index (χ3v) is 4.84. The average molecular weight is 395 g/mol. The van der Waals surface area contributed by atoms with Crippen LogP contribution in [0.25, 0.3) is 0 Å². The van der Waals surface area contributed by atoms with Crippen LogP contribution in [0.15, 0.2) is 55.3 Å². The van der Waals surface area contributed by atoms with Gasteiger partial charge in [0.1, 0.15) is 12.4 Å². The summed E-state index contributed by atoms with van der Waals surface area (Å²) in [4.78, 5) is 31.2. The van der Waals surface area contributed by atoms with E-state index in [4.69, 9.17) is 9.47 Å². The predicted molar refractivity (Wildman–Crippen MR) is 110 cm³/mol. The summed E-state index contributed by atoms with van der Waals surface area (Å²) >= 11 is 0. The molecule has 1 N–H and O–H groups in total. The van der Waals surface area contributed by atoms with Crippen molar-refractivity contribution in [3.05, 3.63) is 60.8 Å². The molecular formula is C22H25N3O4. The molecule has 0 bridgehead atoms. The molecule has 0 atom stereocenters. The Morgan fingerprint density at radius 1 is 1.24 bits per heavy atom. The molecule has 7 heteroatoms. The van der Waals surface area contributed by atoms with Gasteiger partial charge in [-0.15, -0.1) is 0 Å². The Labute approximate surface area is 170 Å². The molecule has 2 amide bonds. The Bertz CT molecular complexity index is 862. The second-order valence-corrected chi connectivity index (χ2v) is 6.74. The van der Waals surface area contributed by atoms with Gasteiger partial charge >= 0.3 is 0 Å².